The lowest BCUT2D eigenvalue weighted by atomic mass is 9.66. The van der Waals surface area contributed by atoms with Gasteiger partial charge in [0.05, 0.1) is 18.1 Å². The fourth-order valence-corrected chi connectivity index (χ4v) is 13.2. The molecule has 2 fully saturated rings. The first kappa shape index (κ1) is 46.1. The van der Waals surface area contributed by atoms with Gasteiger partial charge in [-0.3, -0.25) is 9.59 Å². The van der Waals surface area contributed by atoms with Crippen LogP contribution in [0.1, 0.15) is 145 Å². The minimum absolute atomic E-state index is 0.00151. The summed E-state index contributed by atoms with van der Waals surface area (Å²) in [6, 6.07) is 19.6. The Labute approximate surface area is 410 Å². The van der Waals surface area contributed by atoms with Crippen LogP contribution in [0.3, 0.4) is 0 Å². The number of aryl methyl sites for hydroxylation is 2. The molecule has 7 N–H and O–H groups in total. The number of nitrogens with one attached hydrogen (secondary N) is 3. The van der Waals surface area contributed by atoms with Crippen LogP contribution in [0, 0.1) is 29.6 Å². The molecule has 0 saturated heterocycles. The van der Waals surface area contributed by atoms with Gasteiger partial charge >= 0.3 is 0 Å². The summed E-state index contributed by atoms with van der Waals surface area (Å²) in [5.41, 5.74) is 9.86. The molecule has 1 spiro atoms. The number of fused-ring (bicyclic) bond motifs is 9. The summed E-state index contributed by atoms with van der Waals surface area (Å²) < 4.78 is 6.55. The van der Waals surface area contributed by atoms with Crippen LogP contribution in [-0.2, 0) is 40.7 Å². The maximum atomic E-state index is 16.0. The van der Waals surface area contributed by atoms with Gasteiger partial charge in [0.25, 0.3) is 0 Å². The normalized spacial score (nSPS) is 25.3. The van der Waals surface area contributed by atoms with Gasteiger partial charge in [0.2, 0.25) is 0 Å². The molecule has 2 saturated carbocycles. The van der Waals surface area contributed by atoms with Crippen LogP contribution in [0.25, 0.3) is 12.2 Å². The summed E-state index contributed by atoms with van der Waals surface area (Å²) in [7, 11) is 0. The zero-order valence-electron chi connectivity index (χ0n) is 39.9. The third-order valence-electron chi connectivity index (χ3n) is 16.9. The molecule has 10 heteroatoms. The van der Waals surface area contributed by atoms with E-state index >= 15 is 4.79 Å². The molecule has 2 aromatic heterocycles. The van der Waals surface area contributed by atoms with Gasteiger partial charge in [-0.15, -0.1) is 0 Å². The van der Waals surface area contributed by atoms with Crippen molar-refractivity contribution in [3.63, 3.8) is 0 Å². The summed E-state index contributed by atoms with van der Waals surface area (Å²) in [6.45, 7) is -0.336. The molecule has 362 valence electrons. The van der Waals surface area contributed by atoms with Crippen molar-refractivity contribution < 1.29 is 34.8 Å². The Morgan fingerprint density at radius 3 is 2.49 bits per heavy atom. The standard InChI is InChI=1S/C60H65N3O7/c64-28-23-46-53(66)20-16-38-31-42(57(68)54(33-38)70-43-8-1-2-9-43)30-37-15-19-49-41(29-37)34-40-21-26-62-59(40)63-50(10-6-12-55(67)60(49)24-3-4-25-60)48-35-51-45(22-27-61-51)47(56(48)58(46)69)32-36-13-17-39-7-5-11-52(65)44(39)18-14-36/h5,7,11,14-15,18-19,21-22,26-27,29,31,33,35-36,43,46-47,50,55-56,61-65,67-68H,1-4,8-9,12-13,16-17,20,23-25,28,30,32,34H2/t36-,46-,47+,50+,55-,56-/m0/s1. The van der Waals surface area contributed by atoms with Crippen molar-refractivity contribution >= 4 is 29.5 Å². The Bertz CT molecular complexity index is 2910. The molecular formula is C60H65N3O7. The van der Waals surface area contributed by atoms with E-state index < -0.39 is 29.4 Å². The average molecular weight is 940 g/mol. The second-order valence-electron chi connectivity index (χ2n) is 21.1. The van der Waals surface area contributed by atoms with E-state index in [2.05, 4.69) is 75.7 Å². The summed E-state index contributed by atoms with van der Waals surface area (Å²) >= 11 is 0. The van der Waals surface area contributed by atoms with Crippen LogP contribution in [0.4, 0.5) is 5.82 Å². The number of carbonyl (C=O) groups excluding carboxylic acids is 2. The van der Waals surface area contributed by atoms with E-state index in [-0.39, 0.29) is 66.9 Å². The van der Waals surface area contributed by atoms with Crippen LogP contribution in [0.2, 0.25) is 0 Å². The van der Waals surface area contributed by atoms with Crippen LogP contribution in [-0.4, -0.2) is 66.8 Å². The zero-order valence-corrected chi connectivity index (χ0v) is 39.9. The number of rotatable bonds is 6. The van der Waals surface area contributed by atoms with E-state index in [0.717, 1.165) is 126 Å². The van der Waals surface area contributed by atoms with Crippen molar-refractivity contribution in [2.45, 2.75) is 139 Å². The Balaban J connectivity index is 1.08. The van der Waals surface area contributed by atoms with E-state index in [9.17, 15) is 25.2 Å². The number of aromatic nitrogens is 2. The van der Waals surface area contributed by atoms with Crippen LogP contribution < -0.4 is 10.1 Å². The van der Waals surface area contributed by atoms with Gasteiger partial charge in [0.1, 0.15) is 23.4 Å². The number of phenols is 2. The van der Waals surface area contributed by atoms with Gasteiger partial charge in [-0.25, -0.2) is 0 Å². The third-order valence-corrected chi connectivity index (χ3v) is 16.9. The number of hydrogen-bond acceptors (Lipinski definition) is 8. The quantitative estimate of drug-likeness (QED) is 0.0652. The predicted octanol–water partition coefficient (Wildman–Crippen LogP) is 10.2. The highest BCUT2D eigenvalue weighted by Crippen LogP contribution is 2.50. The number of carbonyl (C=O) groups is 2. The molecule has 4 aliphatic carbocycles. The number of hydrogen-bond donors (Lipinski definition) is 7. The highest BCUT2D eigenvalue weighted by Gasteiger charge is 2.46. The number of aromatic amines is 2. The number of ether oxygens (including phenoxy) is 1. The van der Waals surface area contributed by atoms with Crippen molar-refractivity contribution in [2.24, 2.45) is 17.8 Å². The molecule has 70 heavy (non-hydrogen) atoms. The number of H-pyrrole nitrogens is 2. The lowest BCUT2D eigenvalue weighted by molar-refractivity contribution is -0.135. The molecule has 0 amide bonds. The molecule has 6 atom stereocenters. The smallest absolute Gasteiger partial charge is 0.161 e. The molecule has 6 aliphatic rings. The van der Waals surface area contributed by atoms with Crippen molar-refractivity contribution in [1.29, 1.82) is 0 Å². The molecule has 5 bridgehead atoms. The Hall–Kier alpha value is -6.28. The molecule has 2 aliphatic heterocycles. The lowest BCUT2D eigenvalue weighted by Gasteiger charge is -2.38. The largest absolute Gasteiger partial charge is 0.507 e. The van der Waals surface area contributed by atoms with Crippen LogP contribution in [0.15, 0.2) is 84.7 Å². The van der Waals surface area contributed by atoms with Crippen LogP contribution in [0.5, 0.6) is 17.2 Å². The Morgan fingerprint density at radius 1 is 0.814 bits per heavy atom. The second-order valence-corrected chi connectivity index (χ2v) is 21.1. The predicted molar refractivity (Wildman–Crippen MR) is 272 cm³/mol. The van der Waals surface area contributed by atoms with Gasteiger partial charge in [-0.05, 0) is 151 Å². The highest BCUT2D eigenvalue weighted by molar-refractivity contribution is 6.05. The molecule has 11 rings (SSSR count). The van der Waals surface area contributed by atoms with Gasteiger partial charge in [-0.2, -0.15) is 0 Å². The number of benzene rings is 3. The zero-order chi connectivity index (χ0) is 47.9. The van der Waals surface area contributed by atoms with Crippen molar-refractivity contribution in [2.75, 3.05) is 11.9 Å². The molecule has 0 unspecified atom stereocenters. The van der Waals surface area contributed by atoms with E-state index in [4.69, 9.17) is 4.74 Å². The molecule has 5 aromatic rings. The van der Waals surface area contributed by atoms with Crippen molar-refractivity contribution in [3.8, 4) is 29.1 Å². The highest BCUT2D eigenvalue weighted by atomic mass is 16.5. The molecule has 10 nitrogen and oxygen atoms in total. The lowest BCUT2D eigenvalue weighted by Crippen LogP contribution is -2.41. The monoisotopic (exact) mass is 939 g/mol. The number of anilines is 1. The van der Waals surface area contributed by atoms with Gasteiger partial charge in [0, 0.05) is 78.8 Å². The number of Topliss-reactive ketones (excluding diaryl/α,β-unsaturated/α-hetero) is 2. The number of aliphatic hydroxyl groups is 2. The molecule has 3 aromatic carbocycles. The summed E-state index contributed by atoms with van der Waals surface area (Å²) in [5.74, 6) is 5.91. The van der Waals surface area contributed by atoms with Crippen molar-refractivity contribution in [1.82, 2.24) is 9.97 Å². The van der Waals surface area contributed by atoms with Crippen molar-refractivity contribution in [3.05, 3.63) is 140 Å². The first-order chi connectivity index (χ1) is 34.2. The number of aromatic hydroxyl groups is 2. The molecular weight excluding hydrogens is 875 g/mol. The summed E-state index contributed by atoms with van der Waals surface area (Å²) in [4.78, 5) is 37.8. The maximum Gasteiger partial charge on any atom is 0.161 e. The van der Waals surface area contributed by atoms with E-state index in [1.807, 2.05) is 36.7 Å². The number of ketones is 2. The Kier molecular flexibility index (Phi) is 12.8. The van der Waals surface area contributed by atoms with E-state index in [0.29, 0.717) is 37.0 Å². The van der Waals surface area contributed by atoms with Gasteiger partial charge in [-0.1, -0.05) is 73.2 Å². The second kappa shape index (κ2) is 19.5. The molecule has 4 heterocycles. The average Bonchev–Trinajstić information content (AvgIpc) is 4.20. The van der Waals surface area contributed by atoms with E-state index in [1.165, 1.54) is 0 Å². The van der Waals surface area contributed by atoms with E-state index in [1.54, 1.807) is 6.07 Å². The number of phenolic OH excluding ortho intramolecular Hbond substituents is 2. The summed E-state index contributed by atoms with van der Waals surface area (Å²) in [5, 5.41) is 49.8. The van der Waals surface area contributed by atoms with Gasteiger partial charge < -0.3 is 40.4 Å². The van der Waals surface area contributed by atoms with Crippen LogP contribution >= 0.6 is 0 Å². The topological polar surface area (TPSA) is 168 Å². The fraction of sp³-hybridized carbons (Fsp3) is 0.433. The maximum absolute atomic E-state index is 16.0. The SMILES string of the molecule is O=C1CCc2cc(c(O)c(OC3CCCC3)c2)Cc2ccc3c(c2)Cc2cc[nH]c2N[C@H](C#CC[C@H](O)C32CCCC2)C2=Cc3[nH]ccc3[C@@H](C[C@@H]3C=Cc4c(O)cccc4CC3)[C@@H]2C(=O)[C@H]1CCO. The fourth-order valence-electron chi connectivity index (χ4n) is 13.2. The first-order valence-electron chi connectivity index (χ1n) is 25.9. The Morgan fingerprint density at radius 2 is 1.64 bits per heavy atom. The third kappa shape index (κ3) is 8.81. The number of allylic oxidation sites excluding steroid dienone is 1. The summed E-state index contributed by atoms with van der Waals surface area (Å²) in [6.07, 6.45) is 20.8. The molecule has 0 radical (unpaired) electrons. The minimum Gasteiger partial charge on any atom is -0.507 e. The number of aliphatic hydroxyl groups excluding tert-OH is 2. The van der Waals surface area contributed by atoms with Gasteiger partial charge in [0.15, 0.2) is 17.3 Å². The minimum atomic E-state index is -1.09. The first-order valence-corrected chi connectivity index (χ1v) is 25.9.